The molecule has 0 atom stereocenters. The molecule has 0 fully saturated rings. The molecule has 0 spiro atoms. The number of aromatic nitrogens is 2. The lowest BCUT2D eigenvalue weighted by molar-refractivity contribution is 0.342. The molecular weight excluding hydrogens is 364 g/mol. The fraction of sp³-hybridized carbons (Fsp3) is 0.130. The molecule has 0 saturated heterocycles. The molecule has 0 aliphatic heterocycles. The van der Waals surface area contributed by atoms with Crippen LogP contribution in [0.1, 0.15) is 12.7 Å². The quantitative estimate of drug-likeness (QED) is 0.417. The van der Waals surface area contributed by atoms with E-state index in [0.717, 1.165) is 28.5 Å². The molecule has 0 radical (unpaired) electrons. The zero-order valence-electron chi connectivity index (χ0n) is 16.1. The van der Waals surface area contributed by atoms with Crippen LogP contribution >= 0.6 is 0 Å². The molecule has 6 heteroatoms. The Kier molecular flexibility index (Phi) is 5.71. The third-order valence-corrected chi connectivity index (χ3v) is 4.25. The number of hydrogen-bond donors (Lipinski definition) is 2. The van der Waals surface area contributed by atoms with Gasteiger partial charge in [-0.05, 0) is 31.2 Å². The summed E-state index contributed by atoms with van der Waals surface area (Å²) in [4.78, 5) is 9.33. The van der Waals surface area contributed by atoms with Crippen molar-refractivity contribution in [1.29, 1.82) is 0 Å². The first kappa shape index (κ1) is 18.6. The number of furan rings is 1. The molecule has 2 N–H and O–H groups in total. The largest absolute Gasteiger partial charge is 0.492 e. The normalized spacial score (nSPS) is 10.5. The van der Waals surface area contributed by atoms with E-state index in [4.69, 9.17) is 14.1 Å². The van der Waals surface area contributed by atoms with Crippen molar-refractivity contribution in [2.75, 3.05) is 17.2 Å². The summed E-state index contributed by atoms with van der Waals surface area (Å²) in [6.45, 7) is 3.08. The maximum Gasteiger partial charge on any atom is 0.229 e. The van der Waals surface area contributed by atoms with Crippen LogP contribution in [0.3, 0.4) is 0 Å². The van der Waals surface area contributed by atoms with Crippen LogP contribution < -0.4 is 15.4 Å². The number of anilines is 3. The number of nitrogens with one attached hydrogen (secondary N) is 2. The van der Waals surface area contributed by atoms with Crippen molar-refractivity contribution in [2.24, 2.45) is 0 Å². The number of ether oxygens (including phenoxy) is 1. The van der Waals surface area contributed by atoms with E-state index >= 15 is 0 Å². The van der Waals surface area contributed by atoms with Crippen molar-refractivity contribution in [3.63, 3.8) is 0 Å². The predicted molar refractivity (Wildman–Crippen MR) is 114 cm³/mol. The predicted octanol–water partition coefficient (Wildman–Crippen LogP) is 5.49. The highest BCUT2D eigenvalue weighted by Crippen LogP contribution is 2.28. The summed E-state index contributed by atoms with van der Waals surface area (Å²) < 4.78 is 11.1. The van der Waals surface area contributed by atoms with Gasteiger partial charge in [-0.2, -0.15) is 4.98 Å². The van der Waals surface area contributed by atoms with Crippen molar-refractivity contribution in [1.82, 2.24) is 9.97 Å². The first-order chi connectivity index (χ1) is 14.3. The van der Waals surface area contributed by atoms with Crippen molar-refractivity contribution < 1.29 is 9.15 Å². The van der Waals surface area contributed by atoms with E-state index in [1.807, 2.05) is 79.7 Å². The summed E-state index contributed by atoms with van der Waals surface area (Å²) in [5, 5.41) is 6.60. The number of para-hydroxylation sites is 2. The van der Waals surface area contributed by atoms with E-state index in [2.05, 4.69) is 15.6 Å². The summed E-state index contributed by atoms with van der Waals surface area (Å²) in [6.07, 6.45) is 1.66. The van der Waals surface area contributed by atoms with E-state index < -0.39 is 0 Å². The van der Waals surface area contributed by atoms with Crippen molar-refractivity contribution in [3.8, 4) is 17.0 Å². The molecule has 29 heavy (non-hydrogen) atoms. The van der Waals surface area contributed by atoms with Gasteiger partial charge in [-0.1, -0.05) is 42.5 Å². The fourth-order valence-corrected chi connectivity index (χ4v) is 2.91. The van der Waals surface area contributed by atoms with E-state index in [-0.39, 0.29) is 0 Å². The summed E-state index contributed by atoms with van der Waals surface area (Å²) in [5.41, 5.74) is 2.65. The molecule has 0 aliphatic rings. The minimum Gasteiger partial charge on any atom is -0.492 e. The monoisotopic (exact) mass is 386 g/mol. The van der Waals surface area contributed by atoms with Crippen LogP contribution in [-0.2, 0) is 6.54 Å². The van der Waals surface area contributed by atoms with E-state index in [1.54, 1.807) is 6.26 Å². The van der Waals surface area contributed by atoms with Crippen LogP contribution in [-0.4, -0.2) is 16.6 Å². The molecule has 0 saturated carbocycles. The average molecular weight is 386 g/mol. The average Bonchev–Trinajstić information content (AvgIpc) is 3.28. The van der Waals surface area contributed by atoms with Crippen LogP contribution in [0, 0.1) is 0 Å². The molecular formula is C23H22N4O2. The van der Waals surface area contributed by atoms with Gasteiger partial charge in [0.2, 0.25) is 5.95 Å². The highest BCUT2D eigenvalue weighted by Gasteiger charge is 2.10. The van der Waals surface area contributed by atoms with Crippen molar-refractivity contribution in [2.45, 2.75) is 13.5 Å². The highest BCUT2D eigenvalue weighted by atomic mass is 16.5. The fourth-order valence-electron chi connectivity index (χ4n) is 2.91. The van der Waals surface area contributed by atoms with Crippen LogP contribution in [0.4, 0.5) is 17.5 Å². The lowest BCUT2D eigenvalue weighted by Crippen LogP contribution is -2.06. The topological polar surface area (TPSA) is 72.2 Å². The standard InChI is InChI=1S/C23H22N4O2/c1-2-28-21-13-7-6-12-19(21)25-23-26-20(17-9-4-3-5-10-17)15-22(27-23)24-16-18-11-8-14-29-18/h3-15H,2,16H2,1H3,(H2,24,25,26,27). The zero-order valence-corrected chi connectivity index (χ0v) is 16.1. The second-order valence-electron chi connectivity index (χ2n) is 6.32. The third kappa shape index (κ3) is 4.73. The van der Waals surface area contributed by atoms with Gasteiger partial charge >= 0.3 is 0 Å². The van der Waals surface area contributed by atoms with Crippen molar-refractivity contribution >= 4 is 17.5 Å². The van der Waals surface area contributed by atoms with Gasteiger partial charge in [-0.25, -0.2) is 4.98 Å². The Morgan fingerprint density at radius 2 is 1.76 bits per heavy atom. The van der Waals surface area contributed by atoms with Gasteiger partial charge in [-0.3, -0.25) is 0 Å². The Bertz CT molecular complexity index is 1050. The summed E-state index contributed by atoms with van der Waals surface area (Å²) >= 11 is 0. The Labute approximate surface area is 169 Å². The first-order valence-electron chi connectivity index (χ1n) is 9.51. The van der Waals surface area contributed by atoms with Gasteiger partial charge < -0.3 is 19.8 Å². The van der Waals surface area contributed by atoms with Crippen LogP contribution in [0.15, 0.2) is 83.5 Å². The molecule has 2 aromatic carbocycles. The minimum absolute atomic E-state index is 0.487. The number of benzene rings is 2. The van der Waals surface area contributed by atoms with Crippen LogP contribution in [0.25, 0.3) is 11.3 Å². The molecule has 2 heterocycles. The maximum atomic E-state index is 5.70. The summed E-state index contributed by atoms with van der Waals surface area (Å²) in [7, 11) is 0. The zero-order chi connectivity index (χ0) is 19.9. The van der Waals surface area contributed by atoms with E-state index in [9.17, 15) is 0 Å². The molecule has 146 valence electrons. The Morgan fingerprint density at radius 1 is 0.931 bits per heavy atom. The summed E-state index contributed by atoms with van der Waals surface area (Å²) in [6, 6.07) is 23.5. The lowest BCUT2D eigenvalue weighted by atomic mass is 10.1. The first-order valence-corrected chi connectivity index (χ1v) is 9.51. The SMILES string of the molecule is CCOc1ccccc1Nc1nc(NCc2ccco2)cc(-c2ccccc2)n1. The number of nitrogens with zero attached hydrogens (tertiary/aromatic N) is 2. The van der Waals surface area contributed by atoms with E-state index in [1.165, 1.54) is 0 Å². The molecule has 4 aromatic rings. The van der Waals surface area contributed by atoms with Crippen molar-refractivity contribution in [3.05, 3.63) is 84.8 Å². The molecule has 6 nitrogen and oxygen atoms in total. The molecule has 0 aliphatic carbocycles. The number of rotatable bonds is 8. The molecule has 0 unspecified atom stereocenters. The van der Waals surface area contributed by atoms with E-state index in [0.29, 0.717) is 24.9 Å². The molecule has 2 aromatic heterocycles. The van der Waals surface area contributed by atoms with Gasteiger partial charge in [0.15, 0.2) is 0 Å². The third-order valence-electron chi connectivity index (χ3n) is 4.25. The Hall–Kier alpha value is -3.80. The second-order valence-corrected chi connectivity index (χ2v) is 6.32. The van der Waals surface area contributed by atoms with Crippen LogP contribution in [0.2, 0.25) is 0 Å². The Morgan fingerprint density at radius 3 is 2.55 bits per heavy atom. The molecule has 0 bridgehead atoms. The van der Waals surface area contributed by atoms with Crippen LogP contribution in [0.5, 0.6) is 5.75 Å². The Balaban J connectivity index is 1.66. The van der Waals surface area contributed by atoms with Gasteiger partial charge in [0, 0.05) is 11.6 Å². The molecule has 0 amide bonds. The van der Waals surface area contributed by atoms with Gasteiger partial charge in [0.1, 0.15) is 17.3 Å². The minimum atomic E-state index is 0.487. The lowest BCUT2D eigenvalue weighted by Gasteiger charge is -2.13. The summed E-state index contributed by atoms with van der Waals surface area (Å²) in [5.74, 6) is 2.78. The number of hydrogen-bond acceptors (Lipinski definition) is 6. The maximum absolute atomic E-state index is 5.70. The highest BCUT2D eigenvalue weighted by molar-refractivity contribution is 5.68. The molecule has 4 rings (SSSR count). The van der Waals surface area contributed by atoms with Gasteiger partial charge in [0.25, 0.3) is 0 Å². The second kappa shape index (κ2) is 8.93. The van der Waals surface area contributed by atoms with Gasteiger partial charge in [0.05, 0.1) is 30.8 Å². The van der Waals surface area contributed by atoms with Gasteiger partial charge in [-0.15, -0.1) is 0 Å². The smallest absolute Gasteiger partial charge is 0.229 e.